The number of nitrogens with one attached hydrogen (secondary N) is 1. The van der Waals surface area contributed by atoms with Crippen LogP contribution in [0.3, 0.4) is 0 Å². The van der Waals surface area contributed by atoms with Crippen LogP contribution in [0.4, 0.5) is 17.6 Å². The number of aryl methyl sites for hydroxylation is 1. The molecule has 4 heterocycles. The summed E-state index contributed by atoms with van der Waals surface area (Å²) in [4.78, 5) is 24.6. The number of hydrogen-bond acceptors (Lipinski definition) is 7. The monoisotopic (exact) mass is 333 g/mol. The molecule has 7 nitrogen and oxygen atoms in total. The molecule has 1 aliphatic rings. The zero-order valence-corrected chi connectivity index (χ0v) is 14.0. The van der Waals surface area contributed by atoms with Crippen LogP contribution < -0.4 is 10.2 Å². The lowest BCUT2D eigenvalue weighted by atomic mass is 10.1. The highest BCUT2D eigenvalue weighted by molar-refractivity contribution is 5.56. The first-order chi connectivity index (χ1) is 12.3. The van der Waals surface area contributed by atoms with E-state index in [2.05, 4.69) is 35.1 Å². The first-order valence-corrected chi connectivity index (χ1v) is 8.36. The zero-order valence-electron chi connectivity index (χ0n) is 14.0. The largest absolute Gasteiger partial charge is 0.332 e. The third-order valence-electron chi connectivity index (χ3n) is 4.24. The molecule has 25 heavy (non-hydrogen) atoms. The molecular formula is C18H19N7. The van der Waals surface area contributed by atoms with E-state index in [0.29, 0.717) is 0 Å². The number of nitrogens with zero attached hydrogens (tertiary/aromatic N) is 6. The normalized spacial score (nSPS) is 16.8. The Kier molecular flexibility index (Phi) is 4.20. The summed E-state index contributed by atoms with van der Waals surface area (Å²) in [6, 6.07) is 7.79. The summed E-state index contributed by atoms with van der Waals surface area (Å²) < 4.78 is 0. The highest BCUT2D eigenvalue weighted by Gasteiger charge is 2.31. The van der Waals surface area contributed by atoms with Crippen molar-refractivity contribution in [1.82, 2.24) is 24.9 Å². The van der Waals surface area contributed by atoms with Crippen molar-refractivity contribution in [2.75, 3.05) is 16.8 Å². The van der Waals surface area contributed by atoms with Gasteiger partial charge >= 0.3 is 0 Å². The Bertz CT molecular complexity index is 853. The maximum absolute atomic E-state index is 4.61. The molecule has 0 saturated carbocycles. The van der Waals surface area contributed by atoms with Gasteiger partial charge in [-0.3, -0.25) is 4.98 Å². The van der Waals surface area contributed by atoms with Gasteiger partial charge in [0.1, 0.15) is 11.5 Å². The maximum atomic E-state index is 4.61. The van der Waals surface area contributed by atoms with E-state index in [4.69, 9.17) is 0 Å². The first kappa shape index (κ1) is 15.4. The summed E-state index contributed by atoms with van der Waals surface area (Å²) in [5, 5.41) is 3.31. The minimum absolute atomic E-state index is 0.100. The van der Waals surface area contributed by atoms with Gasteiger partial charge in [0.25, 0.3) is 0 Å². The Morgan fingerprint density at radius 2 is 1.84 bits per heavy atom. The van der Waals surface area contributed by atoms with Gasteiger partial charge in [0, 0.05) is 37.0 Å². The highest BCUT2D eigenvalue weighted by atomic mass is 15.3. The van der Waals surface area contributed by atoms with Crippen LogP contribution in [0, 0.1) is 6.92 Å². The standard InChI is InChI=1S/C18H19N7/c1-13-5-2-7-15(23-13)24-17-16(19-10-11-20-17)14-6-3-12-25(14)18-21-8-4-9-22-18/h2,4-5,7-11,14H,3,6,12H2,1H3,(H,20,23,24). The van der Waals surface area contributed by atoms with Crippen LogP contribution >= 0.6 is 0 Å². The molecule has 3 aromatic heterocycles. The van der Waals surface area contributed by atoms with Crippen LogP contribution in [0.25, 0.3) is 0 Å². The van der Waals surface area contributed by atoms with E-state index in [0.717, 1.165) is 48.4 Å². The molecule has 1 atom stereocenters. The molecule has 0 spiro atoms. The van der Waals surface area contributed by atoms with Crippen molar-refractivity contribution in [2.24, 2.45) is 0 Å². The second-order valence-electron chi connectivity index (χ2n) is 5.98. The lowest BCUT2D eigenvalue weighted by Gasteiger charge is -2.25. The van der Waals surface area contributed by atoms with Gasteiger partial charge in [0.2, 0.25) is 5.95 Å². The zero-order chi connectivity index (χ0) is 17.1. The SMILES string of the molecule is Cc1cccc(Nc2nccnc2C2CCCN2c2ncccn2)n1. The summed E-state index contributed by atoms with van der Waals surface area (Å²) >= 11 is 0. The summed E-state index contributed by atoms with van der Waals surface area (Å²) in [6.07, 6.45) is 9.02. The fourth-order valence-corrected chi connectivity index (χ4v) is 3.15. The van der Waals surface area contributed by atoms with E-state index in [9.17, 15) is 0 Å². The molecule has 7 heteroatoms. The molecule has 126 valence electrons. The number of aromatic nitrogens is 5. The van der Waals surface area contributed by atoms with E-state index in [-0.39, 0.29) is 6.04 Å². The Morgan fingerprint density at radius 3 is 2.68 bits per heavy atom. The predicted molar refractivity (Wildman–Crippen MR) is 95.6 cm³/mol. The fraction of sp³-hybridized carbons (Fsp3) is 0.278. The molecule has 0 aliphatic carbocycles. The smallest absolute Gasteiger partial charge is 0.225 e. The minimum atomic E-state index is 0.100. The van der Waals surface area contributed by atoms with Gasteiger partial charge in [-0.15, -0.1) is 0 Å². The average molecular weight is 333 g/mol. The molecule has 1 aliphatic heterocycles. The first-order valence-electron chi connectivity index (χ1n) is 8.36. The molecule has 0 amide bonds. The molecule has 4 rings (SSSR count). The van der Waals surface area contributed by atoms with Crippen molar-refractivity contribution < 1.29 is 0 Å². The topological polar surface area (TPSA) is 79.7 Å². The Morgan fingerprint density at radius 1 is 1.00 bits per heavy atom. The van der Waals surface area contributed by atoms with Crippen LogP contribution in [0.5, 0.6) is 0 Å². The highest BCUT2D eigenvalue weighted by Crippen LogP contribution is 2.36. The third kappa shape index (κ3) is 3.26. The van der Waals surface area contributed by atoms with Crippen LogP contribution in [0.15, 0.2) is 49.1 Å². The molecule has 0 aromatic carbocycles. The van der Waals surface area contributed by atoms with Crippen molar-refractivity contribution >= 4 is 17.6 Å². The quantitative estimate of drug-likeness (QED) is 0.786. The van der Waals surface area contributed by atoms with Crippen molar-refractivity contribution in [1.29, 1.82) is 0 Å². The van der Waals surface area contributed by atoms with Crippen molar-refractivity contribution in [3.05, 3.63) is 60.4 Å². The van der Waals surface area contributed by atoms with Crippen molar-refractivity contribution in [3.63, 3.8) is 0 Å². The maximum Gasteiger partial charge on any atom is 0.225 e. The van der Waals surface area contributed by atoms with Crippen LogP contribution in [0.1, 0.15) is 30.3 Å². The molecule has 0 bridgehead atoms. The molecule has 1 fully saturated rings. The molecule has 3 aromatic rings. The second-order valence-corrected chi connectivity index (χ2v) is 5.98. The fourth-order valence-electron chi connectivity index (χ4n) is 3.15. The van der Waals surface area contributed by atoms with Crippen LogP contribution in [0.2, 0.25) is 0 Å². The van der Waals surface area contributed by atoms with Gasteiger partial charge < -0.3 is 10.2 Å². The summed E-state index contributed by atoms with van der Waals surface area (Å²) in [6.45, 7) is 2.88. The lowest BCUT2D eigenvalue weighted by molar-refractivity contribution is 0.677. The number of hydrogen-bond donors (Lipinski definition) is 1. The van der Waals surface area contributed by atoms with E-state index >= 15 is 0 Å². The van der Waals surface area contributed by atoms with E-state index in [1.807, 2.05) is 31.2 Å². The molecule has 0 radical (unpaired) electrons. The number of rotatable bonds is 4. The van der Waals surface area contributed by atoms with Gasteiger partial charge in [-0.1, -0.05) is 6.07 Å². The average Bonchev–Trinajstić information content (AvgIpc) is 3.12. The van der Waals surface area contributed by atoms with Crippen molar-refractivity contribution in [2.45, 2.75) is 25.8 Å². The number of pyridine rings is 1. The van der Waals surface area contributed by atoms with Gasteiger partial charge in [-0.25, -0.2) is 19.9 Å². The van der Waals surface area contributed by atoms with E-state index < -0.39 is 0 Å². The molecule has 1 unspecified atom stereocenters. The third-order valence-corrected chi connectivity index (χ3v) is 4.24. The Hall–Kier alpha value is -3.09. The van der Waals surface area contributed by atoms with Gasteiger partial charge in [0.15, 0.2) is 5.82 Å². The van der Waals surface area contributed by atoms with Gasteiger partial charge in [-0.05, 0) is 38.0 Å². The molecular weight excluding hydrogens is 314 g/mol. The number of anilines is 3. The minimum Gasteiger partial charge on any atom is -0.332 e. The predicted octanol–water partition coefficient (Wildman–Crippen LogP) is 3.06. The van der Waals surface area contributed by atoms with Gasteiger partial charge in [0.05, 0.1) is 6.04 Å². The Labute approximate surface area is 146 Å². The van der Waals surface area contributed by atoms with E-state index in [1.54, 1.807) is 24.8 Å². The van der Waals surface area contributed by atoms with Gasteiger partial charge in [-0.2, -0.15) is 0 Å². The summed E-state index contributed by atoms with van der Waals surface area (Å²) in [5.74, 6) is 2.23. The van der Waals surface area contributed by atoms with Crippen molar-refractivity contribution in [3.8, 4) is 0 Å². The summed E-state index contributed by atoms with van der Waals surface area (Å²) in [7, 11) is 0. The second kappa shape index (κ2) is 6.80. The molecule has 1 N–H and O–H groups in total. The van der Waals surface area contributed by atoms with E-state index in [1.165, 1.54) is 0 Å². The van der Waals surface area contributed by atoms with Crippen LogP contribution in [-0.2, 0) is 0 Å². The summed E-state index contributed by atoms with van der Waals surface area (Å²) in [5.41, 5.74) is 1.85. The van der Waals surface area contributed by atoms with Crippen LogP contribution in [-0.4, -0.2) is 31.5 Å². The molecule has 1 saturated heterocycles. The lowest BCUT2D eigenvalue weighted by Crippen LogP contribution is -2.26. The Balaban J connectivity index is 1.66.